The molecule has 1 aliphatic heterocycles. The largest absolute Gasteiger partial charge is 0.404 e. The molecule has 4 heterocycles. The highest BCUT2D eigenvalue weighted by atomic mass is 32.2. The Morgan fingerprint density at radius 1 is 1.23 bits per heavy atom. The normalized spacial score (nSPS) is 16.5. The molecule has 4 rings (SSSR count). The van der Waals surface area contributed by atoms with Gasteiger partial charge >= 0.3 is 6.18 Å². The van der Waals surface area contributed by atoms with Crippen molar-refractivity contribution in [1.82, 2.24) is 24.5 Å². The molecule has 11 heteroatoms. The Balaban J connectivity index is 1.73. The van der Waals surface area contributed by atoms with E-state index in [1.165, 1.54) is 0 Å². The van der Waals surface area contributed by atoms with E-state index in [2.05, 4.69) is 20.2 Å². The van der Waals surface area contributed by atoms with E-state index >= 15 is 0 Å². The highest BCUT2D eigenvalue weighted by Gasteiger charge is 2.39. The minimum absolute atomic E-state index is 0.120. The minimum Gasteiger partial charge on any atom is -0.278 e. The number of aromatic nitrogens is 4. The average molecular weight is 383 g/mol. The second-order valence-corrected chi connectivity index (χ2v) is 7.88. The van der Waals surface area contributed by atoms with Crippen molar-refractivity contribution in [3.05, 3.63) is 36.4 Å². The SMILES string of the molecule is O=S(=O)(CC(F)(F)F)N1CC=C(c2[nH]ncc3cnc4nccc4c23)C1. The first-order chi connectivity index (χ1) is 12.2. The van der Waals surface area contributed by atoms with Crippen molar-refractivity contribution in [1.29, 1.82) is 0 Å². The topological polar surface area (TPSA) is 91.8 Å². The van der Waals surface area contributed by atoms with Gasteiger partial charge in [0.25, 0.3) is 0 Å². The number of nitrogens with zero attached hydrogens (tertiary/aromatic N) is 4. The van der Waals surface area contributed by atoms with Crippen LogP contribution >= 0.6 is 0 Å². The first-order valence-corrected chi connectivity index (χ1v) is 9.16. The molecular formula is C15H12F3N5O2S. The van der Waals surface area contributed by atoms with E-state index in [-0.39, 0.29) is 13.1 Å². The second-order valence-electron chi connectivity index (χ2n) is 5.91. The summed E-state index contributed by atoms with van der Waals surface area (Å²) in [6.45, 7) is -0.279. The zero-order valence-electron chi connectivity index (χ0n) is 13.2. The molecule has 0 bridgehead atoms. The first-order valence-electron chi connectivity index (χ1n) is 7.55. The summed E-state index contributed by atoms with van der Waals surface area (Å²) in [6, 6.07) is 1.77. The van der Waals surface area contributed by atoms with E-state index in [1.807, 2.05) is 0 Å². The van der Waals surface area contributed by atoms with Crippen molar-refractivity contribution >= 4 is 37.4 Å². The summed E-state index contributed by atoms with van der Waals surface area (Å²) in [4.78, 5) is 8.35. The lowest BCUT2D eigenvalue weighted by Gasteiger charge is -2.18. The number of H-pyrrole nitrogens is 1. The van der Waals surface area contributed by atoms with E-state index in [4.69, 9.17) is 0 Å². The average Bonchev–Trinajstić information content (AvgIpc) is 3.21. The van der Waals surface area contributed by atoms with E-state index in [0.29, 0.717) is 16.9 Å². The maximum absolute atomic E-state index is 12.5. The van der Waals surface area contributed by atoms with Gasteiger partial charge in [-0.25, -0.2) is 18.4 Å². The molecule has 136 valence electrons. The third-order valence-corrected chi connectivity index (χ3v) is 5.90. The molecule has 0 atom stereocenters. The monoisotopic (exact) mass is 383 g/mol. The van der Waals surface area contributed by atoms with E-state index < -0.39 is 22.0 Å². The predicted molar refractivity (Wildman–Crippen MR) is 88.6 cm³/mol. The van der Waals surface area contributed by atoms with Gasteiger partial charge in [0.2, 0.25) is 10.0 Å². The highest BCUT2D eigenvalue weighted by molar-refractivity contribution is 7.89. The second kappa shape index (κ2) is 5.74. The summed E-state index contributed by atoms with van der Waals surface area (Å²) in [5.74, 6) is -1.88. The molecule has 1 N–H and O–H groups in total. The van der Waals surface area contributed by atoms with E-state index in [0.717, 1.165) is 20.5 Å². The van der Waals surface area contributed by atoms with Crippen LogP contribution in [0.1, 0.15) is 5.69 Å². The fourth-order valence-electron chi connectivity index (χ4n) is 3.03. The van der Waals surface area contributed by atoms with Gasteiger partial charge < -0.3 is 0 Å². The summed E-state index contributed by atoms with van der Waals surface area (Å²) in [7, 11) is -4.45. The Labute approximate surface area is 145 Å². The number of pyridine rings is 1. The van der Waals surface area contributed by atoms with Gasteiger partial charge in [-0.1, -0.05) is 6.08 Å². The van der Waals surface area contributed by atoms with Gasteiger partial charge in [0.1, 0.15) is 0 Å². The number of halogens is 3. The highest BCUT2D eigenvalue weighted by Crippen LogP contribution is 2.32. The number of sulfonamides is 1. The quantitative estimate of drug-likeness (QED) is 0.748. The van der Waals surface area contributed by atoms with Crippen molar-refractivity contribution in [2.45, 2.75) is 6.18 Å². The Bertz CT molecular complexity index is 1140. The minimum atomic E-state index is -4.78. The molecule has 0 radical (unpaired) electrons. The van der Waals surface area contributed by atoms with Gasteiger partial charge in [-0.3, -0.25) is 5.10 Å². The van der Waals surface area contributed by atoms with Gasteiger partial charge in [-0.15, -0.1) is 0 Å². The maximum Gasteiger partial charge on any atom is 0.404 e. The van der Waals surface area contributed by atoms with Gasteiger partial charge in [0.05, 0.1) is 11.9 Å². The van der Waals surface area contributed by atoms with Crippen LogP contribution in [0.15, 0.2) is 30.7 Å². The van der Waals surface area contributed by atoms with Crippen molar-refractivity contribution < 1.29 is 21.6 Å². The smallest absolute Gasteiger partial charge is 0.278 e. The van der Waals surface area contributed by atoms with Crippen LogP contribution in [-0.4, -0.2) is 57.9 Å². The van der Waals surface area contributed by atoms with Crippen LogP contribution in [0.5, 0.6) is 0 Å². The fraction of sp³-hybridized carbons (Fsp3) is 0.267. The molecule has 0 saturated heterocycles. The van der Waals surface area contributed by atoms with E-state index in [1.54, 1.807) is 30.7 Å². The van der Waals surface area contributed by atoms with Crippen LogP contribution in [0.2, 0.25) is 0 Å². The molecule has 0 fully saturated rings. The Kier molecular flexibility index (Phi) is 3.74. The molecular weight excluding hydrogens is 371 g/mol. The van der Waals surface area contributed by atoms with Crippen molar-refractivity contribution in [3.8, 4) is 0 Å². The van der Waals surface area contributed by atoms with Crippen molar-refractivity contribution in [2.24, 2.45) is 0 Å². The molecule has 0 amide bonds. The molecule has 0 aliphatic carbocycles. The van der Waals surface area contributed by atoms with Gasteiger partial charge in [-0.05, 0) is 11.6 Å². The molecule has 26 heavy (non-hydrogen) atoms. The molecule has 0 saturated carbocycles. The van der Waals surface area contributed by atoms with Crippen molar-refractivity contribution in [2.75, 3.05) is 18.8 Å². The van der Waals surface area contributed by atoms with Crippen molar-refractivity contribution in [3.63, 3.8) is 0 Å². The number of fused-ring (bicyclic) bond motifs is 3. The summed E-state index contributed by atoms with van der Waals surface area (Å²) in [6.07, 6.45) is 1.58. The third-order valence-electron chi connectivity index (χ3n) is 4.14. The van der Waals surface area contributed by atoms with Crippen LogP contribution < -0.4 is 0 Å². The lowest BCUT2D eigenvalue weighted by atomic mass is 10.1. The van der Waals surface area contributed by atoms with Crippen LogP contribution in [0, 0.1) is 0 Å². The number of alkyl halides is 3. The molecule has 3 aromatic rings. The predicted octanol–water partition coefficient (Wildman–Crippen LogP) is 2.10. The maximum atomic E-state index is 12.5. The molecule has 1 aliphatic rings. The van der Waals surface area contributed by atoms with E-state index in [9.17, 15) is 21.6 Å². The van der Waals surface area contributed by atoms with Crippen LogP contribution in [0.25, 0.3) is 27.4 Å². The number of rotatable bonds is 3. The molecule has 0 aromatic carbocycles. The lowest BCUT2D eigenvalue weighted by molar-refractivity contribution is -0.106. The molecule has 0 unspecified atom stereocenters. The summed E-state index contributed by atoms with van der Waals surface area (Å²) in [5, 5.41) is 9.09. The number of nitrogens with one attached hydrogen (secondary N) is 1. The zero-order valence-corrected chi connectivity index (χ0v) is 14.0. The zero-order chi connectivity index (χ0) is 18.5. The van der Waals surface area contributed by atoms with Crippen LogP contribution in [-0.2, 0) is 10.0 Å². The standard InChI is InChI=1S/C15H12F3N5O2S/c16-15(17,18)8-26(24,25)23-4-2-9(7-23)13-12-10(6-21-22-13)5-20-14-11(12)1-3-19-14/h1-3,5-6,22H,4,7-8H2. The molecule has 7 nitrogen and oxygen atoms in total. The Morgan fingerprint density at radius 3 is 2.81 bits per heavy atom. The summed E-state index contributed by atoms with van der Waals surface area (Å²) >= 11 is 0. The summed E-state index contributed by atoms with van der Waals surface area (Å²) in [5.41, 5.74) is 1.63. The molecule has 0 spiro atoms. The Morgan fingerprint density at radius 2 is 2.04 bits per heavy atom. The van der Waals surface area contributed by atoms with Crippen LogP contribution in [0.3, 0.4) is 0 Å². The molecule has 3 aromatic heterocycles. The van der Waals surface area contributed by atoms with Gasteiger partial charge in [0, 0.05) is 41.6 Å². The third kappa shape index (κ3) is 2.92. The Hall–Kier alpha value is -2.53. The summed E-state index contributed by atoms with van der Waals surface area (Å²) < 4.78 is 62.3. The first kappa shape index (κ1) is 16.9. The number of hydrogen-bond acceptors (Lipinski definition) is 5. The van der Waals surface area contributed by atoms with Crippen LogP contribution in [0.4, 0.5) is 13.2 Å². The number of aromatic amines is 1. The fourth-order valence-corrected chi connectivity index (χ4v) is 4.26. The lowest BCUT2D eigenvalue weighted by Crippen LogP contribution is -2.36. The van der Waals surface area contributed by atoms with Gasteiger partial charge in [0.15, 0.2) is 11.4 Å². The number of hydrogen-bond donors (Lipinski definition) is 1. The van der Waals surface area contributed by atoms with Gasteiger partial charge in [-0.2, -0.15) is 22.6 Å².